The Balaban J connectivity index is 0.000000171. The van der Waals surface area contributed by atoms with Crippen molar-refractivity contribution in [2.75, 3.05) is 6.54 Å². The SMILES string of the molecule is NC1CC(=O)CC1=O.NCC1NC(=O)CC1=O. The quantitative estimate of drug-likeness (QED) is 0.440. The number of ketones is 3. The van der Waals surface area contributed by atoms with Crippen molar-refractivity contribution in [3.63, 3.8) is 0 Å². The summed E-state index contributed by atoms with van der Waals surface area (Å²) in [6.45, 7) is 0.213. The third-order valence-corrected chi connectivity index (χ3v) is 2.53. The number of Topliss-reactive ketones (excluding diaryl/α,β-unsaturated/α-hetero) is 3. The van der Waals surface area contributed by atoms with Crippen molar-refractivity contribution in [1.82, 2.24) is 5.32 Å². The summed E-state index contributed by atoms with van der Waals surface area (Å²) in [4.78, 5) is 41.9. The van der Waals surface area contributed by atoms with Gasteiger partial charge in [0.25, 0.3) is 0 Å². The summed E-state index contributed by atoms with van der Waals surface area (Å²) in [7, 11) is 0. The molecule has 0 aromatic rings. The van der Waals surface area contributed by atoms with E-state index in [1.165, 1.54) is 0 Å². The summed E-state index contributed by atoms with van der Waals surface area (Å²) in [5, 5.41) is 2.44. The van der Waals surface area contributed by atoms with E-state index in [1.54, 1.807) is 0 Å². The lowest BCUT2D eigenvalue weighted by molar-refractivity contribution is -0.123. The van der Waals surface area contributed by atoms with Crippen LogP contribution in [-0.4, -0.2) is 41.9 Å². The first kappa shape index (κ1) is 13.5. The summed E-state index contributed by atoms with van der Waals surface area (Å²) in [6, 6.07) is -0.917. The Hall–Kier alpha value is -1.60. The fourth-order valence-electron chi connectivity index (χ4n) is 1.55. The van der Waals surface area contributed by atoms with Crippen LogP contribution in [0.25, 0.3) is 0 Å². The lowest BCUT2D eigenvalue weighted by Gasteiger charge is -2.01. The Morgan fingerprint density at radius 3 is 1.94 bits per heavy atom. The molecule has 2 fully saturated rings. The molecule has 0 bridgehead atoms. The van der Waals surface area contributed by atoms with E-state index in [1.807, 2.05) is 0 Å². The fourth-order valence-corrected chi connectivity index (χ4v) is 1.55. The van der Waals surface area contributed by atoms with E-state index in [0.717, 1.165) is 0 Å². The first-order valence-corrected chi connectivity index (χ1v) is 5.26. The number of carbonyl (C=O) groups is 4. The van der Waals surface area contributed by atoms with Crippen molar-refractivity contribution >= 4 is 23.3 Å². The van der Waals surface area contributed by atoms with E-state index in [9.17, 15) is 19.2 Å². The molecule has 2 unspecified atom stereocenters. The molecular weight excluding hydrogens is 226 g/mol. The molecule has 1 saturated heterocycles. The lowest BCUT2D eigenvalue weighted by Crippen LogP contribution is -2.36. The molecule has 17 heavy (non-hydrogen) atoms. The Morgan fingerprint density at radius 2 is 1.76 bits per heavy atom. The number of hydrogen-bond acceptors (Lipinski definition) is 6. The van der Waals surface area contributed by atoms with Gasteiger partial charge in [-0.2, -0.15) is 0 Å². The highest BCUT2D eigenvalue weighted by atomic mass is 16.2. The maximum atomic E-state index is 10.7. The van der Waals surface area contributed by atoms with Crippen LogP contribution in [0, 0.1) is 0 Å². The van der Waals surface area contributed by atoms with Gasteiger partial charge in [0.1, 0.15) is 11.8 Å². The number of rotatable bonds is 1. The molecule has 2 rings (SSSR count). The van der Waals surface area contributed by atoms with Gasteiger partial charge in [0.2, 0.25) is 5.91 Å². The average Bonchev–Trinajstić information content (AvgIpc) is 2.70. The van der Waals surface area contributed by atoms with Gasteiger partial charge in [0.05, 0.1) is 18.9 Å². The minimum absolute atomic E-state index is 0.00185. The van der Waals surface area contributed by atoms with Crippen molar-refractivity contribution in [3.8, 4) is 0 Å². The second-order valence-electron chi connectivity index (χ2n) is 3.99. The summed E-state index contributed by atoms with van der Waals surface area (Å²) in [5.41, 5.74) is 10.3. The van der Waals surface area contributed by atoms with Gasteiger partial charge in [0, 0.05) is 13.0 Å². The molecule has 0 spiro atoms. The average molecular weight is 241 g/mol. The van der Waals surface area contributed by atoms with Gasteiger partial charge < -0.3 is 16.8 Å². The molecule has 1 aliphatic heterocycles. The van der Waals surface area contributed by atoms with Crippen molar-refractivity contribution in [3.05, 3.63) is 0 Å². The maximum Gasteiger partial charge on any atom is 0.228 e. The summed E-state index contributed by atoms with van der Waals surface area (Å²) >= 11 is 0. The molecule has 94 valence electrons. The van der Waals surface area contributed by atoms with E-state index in [2.05, 4.69) is 5.32 Å². The maximum absolute atomic E-state index is 10.7. The van der Waals surface area contributed by atoms with E-state index in [-0.39, 0.29) is 49.1 Å². The summed E-state index contributed by atoms with van der Waals surface area (Å²) in [6.07, 6.45) is 0.307. The van der Waals surface area contributed by atoms with Gasteiger partial charge in [0.15, 0.2) is 11.6 Å². The second kappa shape index (κ2) is 5.65. The second-order valence-corrected chi connectivity index (χ2v) is 3.99. The highest BCUT2D eigenvalue weighted by Gasteiger charge is 2.28. The zero-order chi connectivity index (χ0) is 13.0. The molecule has 0 aromatic carbocycles. The molecule has 1 amide bonds. The number of amides is 1. The molecule has 5 N–H and O–H groups in total. The normalized spacial score (nSPS) is 27.9. The van der Waals surface area contributed by atoms with Gasteiger partial charge in [-0.1, -0.05) is 0 Å². The predicted octanol–water partition coefficient (Wildman–Crippen LogP) is -2.35. The van der Waals surface area contributed by atoms with Crippen LogP contribution in [0.5, 0.6) is 0 Å². The molecule has 1 aliphatic carbocycles. The van der Waals surface area contributed by atoms with Crippen LogP contribution in [0.15, 0.2) is 0 Å². The third-order valence-electron chi connectivity index (χ3n) is 2.53. The molecule has 1 saturated carbocycles. The Labute approximate surface area is 97.9 Å². The van der Waals surface area contributed by atoms with Gasteiger partial charge in [-0.15, -0.1) is 0 Å². The van der Waals surface area contributed by atoms with Crippen LogP contribution in [0.4, 0.5) is 0 Å². The fraction of sp³-hybridized carbons (Fsp3) is 0.600. The number of hydrogen-bond donors (Lipinski definition) is 3. The minimum atomic E-state index is -0.498. The highest BCUT2D eigenvalue weighted by Crippen LogP contribution is 2.07. The Morgan fingerprint density at radius 1 is 1.12 bits per heavy atom. The van der Waals surface area contributed by atoms with Crippen LogP contribution in [0.3, 0.4) is 0 Å². The van der Waals surface area contributed by atoms with Gasteiger partial charge in [-0.3, -0.25) is 19.2 Å². The smallest absolute Gasteiger partial charge is 0.228 e. The third kappa shape index (κ3) is 3.72. The summed E-state index contributed by atoms with van der Waals surface area (Å²) in [5.74, 6) is -0.449. The lowest BCUT2D eigenvalue weighted by atomic mass is 10.2. The van der Waals surface area contributed by atoms with Crippen LogP contribution in [-0.2, 0) is 19.2 Å². The van der Waals surface area contributed by atoms with Crippen molar-refractivity contribution in [2.24, 2.45) is 11.5 Å². The van der Waals surface area contributed by atoms with Crippen molar-refractivity contribution in [1.29, 1.82) is 0 Å². The molecule has 2 aliphatic rings. The molecular formula is C10H15N3O4. The van der Waals surface area contributed by atoms with Crippen LogP contribution in [0.2, 0.25) is 0 Å². The number of carbonyl (C=O) groups excluding carboxylic acids is 4. The number of nitrogens with two attached hydrogens (primary N) is 2. The molecule has 7 heteroatoms. The first-order chi connectivity index (χ1) is 7.93. The van der Waals surface area contributed by atoms with Crippen molar-refractivity contribution < 1.29 is 19.2 Å². The molecule has 0 radical (unpaired) electrons. The number of nitrogens with one attached hydrogen (secondary N) is 1. The van der Waals surface area contributed by atoms with E-state index in [4.69, 9.17) is 11.5 Å². The zero-order valence-electron chi connectivity index (χ0n) is 9.27. The van der Waals surface area contributed by atoms with E-state index < -0.39 is 12.1 Å². The molecule has 1 heterocycles. The monoisotopic (exact) mass is 241 g/mol. The van der Waals surface area contributed by atoms with Crippen molar-refractivity contribution in [2.45, 2.75) is 31.3 Å². The van der Waals surface area contributed by atoms with Crippen LogP contribution < -0.4 is 16.8 Å². The van der Waals surface area contributed by atoms with Crippen LogP contribution >= 0.6 is 0 Å². The Kier molecular flexibility index (Phi) is 4.47. The molecule has 0 aromatic heterocycles. The van der Waals surface area contributed by atoms with Gasteiger partial charge >= 0.3 is 0 Å². The predicted molar refractivity (Wildman–Crippen MR) is 57.8 cm³/mol. The van der Waals surface area contributed by atoms with Crippen LogP contribution in [0.1, 0.15) is 19.3 Å². The van der Waals surface area contributed by atoms with Gasteiger partial charge in [-0.05, 0) is 0 Å². The zero-order valence-corrected chi connectivity index (χ0v) is 9.27. The topological polar surface area (TPSA) is 132 Å². The largest absolute Gasteiger partial charge is 0.345 e. The van der Waals surface area contributed by atoms with Gasteiger partial charge in [-0.25, -0.2) is 0 Å². The highest BCUT2D eigenvalue weighted by molar-refractivity contribution is 6.08. The minimum Gasteiger partial charge on any atom is -0.345 e. The van der Waals surface area contributed by atoms with E-state index in [0.29, 0.717) is 0 Å². The standard InChI is InChI=1S/C5H8N2O2.C5H7NO2/c6-2-3-4(8)1-5(9)7-3;6-4-1-3(7)2-5(4)8/h3H,1-2,6H2,(H,7,9);4H,1-2,6H2. The Bertz CT molecular complexity index is 367. The van der Waals surface area contributed by atoms with E-state index >= 15 is 0 Å². The first-order valence-electron chi connectivity index (χ1n) is 5.26. The summed E-state index contributed by atoms with van der Waals surface area (Å²) < 4.78 is 0. The molecule has 2 atom stereocenters. The molecule has 7 nitrogen and oxygen atoms in total.